The molecule has 0 amide bonds. The van der Waals surface area contributed by atoms with E-state index in [0.29, 0.717) is 0 Å². The van der Waals surface area contributed by atoms with Crippen molar-refractivity contribution >= 4 is 0 Å². The fraction of sp³-hybridized carbons (Fsp3) is 0.111. The molecule has 4 rings (SSSR count). The molecule has 0 nitrogen and oxygen atoms in total. The lowest BCUT2D eigenvalue weighted by Gasteiger charge is -2.12. The Bertz CT molecular complexity index is 1060. The zero-order chi connectivity index (χ0) is 18.8. The fourth-order valence-corrected chi connectivity index (χ4v) is 3.78. The molecule has 0 aromatic heterocycles. The monoisotopic (exact) mass is 348 g/mol. The minimum absolute atomic E-state index is 1.25. The normalized spacial score (nSPS) is 10.8. The molecule has 27 heavy (non-hydrogen) atoms. The Kier molecular flexibility index (Phi) is 4.64. The predicted octanol–water partition coefficient (Wildman–Crippen LogP) is 7.61. The first-order chi connectivity index (χ1) is 13.1. The maximum absolute atomic E-state index is 2.27. The smallest absolute Gasteiger partial charge is 0.0105 e. The molecule has 0 atom stereocenters. The van der Waals surface area contributed by atoms with Crippen molar-refractivity contribution < 1.29 is 0 Å². The van der Waals surface area contributed by atoms with Gasteiger partial charge in [0.2, 0.25) is 0 Å². The topological polar surface area (TPSA) is 0 Å². The van der Waals surface area contributed by atoms with Crippen molar-refractivity contribution in [3.8, 4) is 33.4 Å². The van der Waals surface area contributed by atoms with E-state index in [1.807, 2.05) is 0 Å². The third-order valence-corrected chi connectivity index (χ3v) is 5.01. The van der Waals surface area contributed by atoms with Gasteiger partial charge in [-0.3, -0.25) is 0 Å². The molecule has 4 aromatic rings. The highest BCUT2D eigenvalue weighted by Crippen LogP contribution is 2.34. The molecular weight excluding hydrogens is 324 g/mol. The molecule has 0 aliphatic carbocycles. The molecule has 0 spiro atoms. The van der Waals surface area contributed by atoms with Crippen molar-refractivity contribution in [2.45, 2.75) is 20.8 Å². The molecule has 4 aromatic carbocycles. The number of hydrogen-bond donors (Lipinski definition) is 0. The van der Waals surface area contributed by atoms with Crippen molar-refractivity contribution in [3.05, 3.63) is 108 Å². The second kappa shape index (κ2) is 7.25. The molecule has 132 valence electrons. The third-order valence-electron chi connectivity index (χ3n) is 5.01. The van der Waals surface area contributed by atoms with Crippen LogP contribution in [0.15, 0.2) is 91.0 Å². The van der Waals surface area contributed by atoms with Crippen LogP contribution in [0.1, 0.15) is 16.7 Å². The van der Waals surface area contributed by atoms with Crippen molar-refractivity contribution in [2.75, 3.05) is 0 Å². The molecule has 0 saturated heterocycles. The summed E-state index contributed by atoms with van der Waals surface area (Å²) >= 11 is 0. The summed E-state index contributed by atoms with van der Waals surface area (Å²) in [6, 6.07) is 33.0. The number of benzene rings is 4. The van der Waals surface area contributed by atoms with Crippen LogP contribution in [0.3, 0.4) is 0 Å². The predicted molar refractivity (Wildman–Crippen MR) is 117 cm³/mol. The number of hydrogen-bond acceptors (Lipinski definition) is 0. The van der Waals surface area contributed by atoms with E-state index in [0.717, 1.165) is 0 Å². The number of aryl methyl sites for hydroxylation is 3. The van der Waals surface area contributed by atoms with Crippen LogP contribution in [0.2, 0.25) is 0 Å². The van der Waals surface area contributed by atoms with Crippen molar-refractivity contribution in [1.29, 1.82) is 0 Å². The molecule has 0 heterocycles. The van der Waals surface area contributed by atoms with E-state index in [-0.39, 0.29) is 0 Å². The quantitative estimate of drug-likeness (QED) is 0.357. The maximum Gasteiger partial charge on any atom is -0.0105 e. The fourth-order valence-electron chi connectivity index (χ4n) is 3.78. The molecule has 0 fully saturated rings. The van der Waals surface area contributed by atoms with E-state index in [2.05, 4.69) is 112 Å². The van der Waals surface area contributed by atoms with Gasteiger partial charge in [-0.1, -0.05) is 108 Å². The van der Waals surface area contributed by atoms with Crippen molar-refractivity contribution in [1.82, 2.24) is 0 Å². The zero-order valence-electron chi connectivity index (χ0n) is 16.2. The molecule has 0 N–H and O–H groups in total. The van der Waals surface area contributed by atoms with E-state index < -0.39 is 0 Å². The summed E-state index contributed by atoms with van der Waals surface area (Å²) in [5.41, 5.74) is 11.5. The number of rotatable bonds is 3. The lowest BCUT2D eigenvalue weighted by molar-refractivity contribution is 1.38. The van der Waals surface area contributed by atoms with Crippen LogP contribution in [-0.4, -0.2) is 0 Å². The van der Waals surface area contributed by atoms with Crippen molar-refractivity contribution in [2.24, 2.45) is 0 Å². The first-order valence-corrected chi connectivity index (χ1v) is 9.45. The molecule has 0 heteroatoms. The van der Waals surface area contributed by atoms with Gasteiger partial charge in [-0.05, 0) is 54.2 Å². The summed E-state index contributed by atoms with van der Waals surface area (Å²) in [6.07, 6.45) is 0. The van der Waals surface area contributed by atoms with Gasteiger partial charge in [-0.25, -0.2) is 0 Å². The highest BCUT2D eigenvalue weighted by Gasteiger charge is 2.08. The second-order valence-corrected chi connectivity index (χ2v) is 7.37. The zero-order valence-corrected chi connectivity index (χ0v) is 16.2. The Morgan fingerprint density at radius 3 is 1.56 bits per heavy atom. The van der Waals surface area contributed by atoms with Gasteiger partial charge < -0.3 is 0 Å². The Balaban J connectivity index is 1.76. The molecule has 0 aliphatic heterocycles. The Morgan fingerprint density at radius 1 is 0.370 bits per heavy atom. The average Bonchev–Trinajstić information content (AvgIpc) is 2.67. The van der Waals surface area contributed by atoms with Gasteiger partial charge in [-0.15, -0.1) is 0 Å². The van der Waals surface area contributed by atoms with Crippen LogP contribution in [-0.2, 0) is 0 Å². The van der Waals surface area contributed by atoms with E-state index in [1.54, 1.807) is 0 Å². The molecule has 0 saturated carbocycles. The largest absolute Gasteiger partial charge is 0.0616 e. The van der Waals surface area contributed by atoms with Crippen LogP contribution in [0.4, 0.5) is 0 Å². The SMILES string of the molecule is Cc1cccc(-c2ccc(-c3ccccc3-c3cc(C)cc(C)c3)cc2)c1. The Hall–Kier alpha value is -3.12. The van der Waals surface area contributed by atoms with Gasteiger partial charge in [0.05, 0.1) is 0 Å². The summed E-state index contributed by atoms with van der Waals surface area (Å²) in [5.74, 6) is 0. The lowest BCUT2D eigenvalue weighted by Crippen LogP contribution is -1.88. The minimum atomic E-state index is 1.25. The molecule has 0 unspecified atom stereocenters. The second-order valence-electron chi connectivity index (χ2n) is 7.37. The third kappa shape index (κ3) is 3.71. The standard InChI is InChI=1S/C27H24/c1-19-7-6-8-24(16-19)22-11-13-23(14-12-22)26-9-4-5-10-27(26)25-17-20(2)15-21(3)18-25/h4-18H,1-3H3. The van der Waals surface area contributed by atoms with Gasteiger partial charge in [0.25, 0.3) is 0 Å². The van der Waals surface area contributed by atoms with Crippen LogP contribution in [0.5, 0.6) is 0 Å². The van der Waals surface area contributed by atoms with Crippen LogP contribution >= 0.6 is 0 Å². The first-order valence-electron chi connectivity index (χ1n) is 9.45. The van der Waals surface area contributed by atoms with Crippen LogP contribution in [0, 0.1) is 20.8 Å². The van der Waals surface area contributed by atoms with Gasteiger partial charge >= 0.3 is 0 Å². The molecule has 0 bridgehead atoms. The van der Waals surface area contributed by atoms with E-state index >= 15 is 0 Å². The van der Waals surface area contributed by atoms with Crippen LogP contribution < -0.4 is 0 Å². The molecule has 0 radical (unpaired) electrons. The highest BCUT2D eigenvalue weighted by molar-refractivity contribution is 5.84. The maximum atomic E-state index is 2.27. The summed E-state index contributed by atoms with van der Waals surface area (Å²) < 4.78 is 0. The molecular formula is C27H24. The first kappa shape index (κ1) is 17.3. The lowest BCUT2D eigenvalue weighted by atomic mass is 9.92. The van der Waals surface area contributed by atoms with Gasteiger partial charge in [0.15, 0.2) is 0 Å². The highest BCUT2D eigenvalue weighted by atomic mass is 14.1. The van der Waals surface area contributed by atoms with E-state index in [9.17, 15) is 0 Å². The summed E-state index contributed by atoms with van der Waals surface area (Å²) in [4.78, 5) is 0. The molecule has 0 aliphatic rings. The van der Waals surface area contributed by atoms with E-state index in [1.165, 1.54) is 50.1 Å². The van der Waals surface area contributed by atoms with Crippen LogP contribution in [0.25, 0.3) is 33.4 Å². The van der Waals surface area contributed by atoms with Gasteiger partial charge in [0.1, 0.15) is 0 Å². The van der Waals surface area contributed by atoms with Crippen molar-refractivity contribution in [3.63, 3.8) is 0 Å². The Morgan fingerprint density at radius 2 is 0.926 bits per heavy atom. The summed E-state index contributed by atoms with van der Waals surface area (Å²) in [7, 11) is 0. The average molecular weight is 348 g/mol. The summed E-state index contributed by atoms with van der Waals surface area (Å²) in [6.45, 7) is 6.46. The van der Waals surface area contributed by atoms with Gasteiger partial charge in [-0.2, -0.15) is 0 Å². The van der Waals surface area contributed by atoms with E-state index in [4.69, 9.17) is 0 Å². The minimum Gasteiger partial charge on any atom is -0.0616 e. The van der Waals surface area contributed by atoms with Gasteiger partial charge in [0, 0.05) is 0 Å². The summed E-state index contributed by atoms with van der Waals surface area (Å²) in [5, 5.41) is 0. The Labute approximate surface area is 162 Å².